The van der Waals surface area contributed by atoms with Crippen LogP contribution in [-0.4, -0.2) is 31.8 Å². The van der Waals surface area contributed by atoms with Crippen LogP contribution in [-0.2, 0) is 0 Å². The summed E-state index contributed by atoms with van der Waals surface area (Å²) in [5.41, 5.74) is 0. The summed E-state index contributed by atoms with van der Waals surface area (Å²) >= 11 is 0. The minimum absolute atomic E-state index is 0.667. The summed E-state index contributed by atoms with van der Waals surface area (Å²) in [6.45, 7) is 8.97. The number of hydrogen-bond acceptors (Lipinski definition) is 1. The van der Waals surface area contributed by atoms with Gasteiger partial charge in [-0.3, -0.25) is 0 Å². The lowest BCUT2D eigenvalue weighted by Crippen LogP contribution is -2.33. The van der Waals surface area contributed by atoms with Gasteiger partial charge in [-0.15, -0.1) is 0 Å². The topological polar surface area (TPSA) is 3.24 Å². The Morgan fingerprint density at radius 2 is 2.00 bits per heavy atom. The van der Waals surface area contributed by atoms with E-state index in [1.165, 1.54) is 19.3 Å². The molecule has 76 valence electrons. The van der Waals surface area contributed by atoms with E-state index in [1.807, 2.05) is 0 Å². The number of likely N-dealkylation sites (N-methyl/N-ethyl adjacent to an activating group) is 1. The fourth-order valence-corrected chi connectivity index (χ4v) is 1.35. The second-order valence-electron chi connectivity index (χ2n) is 3.79. The van der Waals surface area contributed by atoms with Crippen LogP contribution in [0.2, 0.25) is 0 Å². The molecule has 0 saturated heterocycles. The molecular formula is C11H24BN. The van der Waals surface area contributed by atoms with Gasteiger partial charge >= 0.3 is 0 Å². The Hall–Kier alpha value is -0.235. The minimum Gasteiger partial charge on any atom is -0.305 e. The molecule has 0 aliphatic heterocycles. The smallest absolute Gasteiger partial charge is 0.123 e. The highest BCUT2D eigenvalue weighted by Gasteiger charge is 2.02. The van der Waals surface area contributed by atoms with Gasteiger partial charge in [0.2, 0.25) is 0 Å². The van der Waals surface area contributed by atoms with E-state index in [0.717, 1.165) is 13.1 Å². The summed E-state index contributed by atoms with van der Waals surface area (Å²) in [6.07, 6.45) is 8.48. The van der Waals surface area contributed by atoms with Crippen LogP contribution in [0.3, 0.4) is 0 Å². The highest BCUT2D eigenvalue weighted by molar-refractivity contribution is 6.11. The van der Waals surface area contributed by atoms with E-state index in [-0.39, 0.29) is 0 Å². The van der Waals surface area contributed by atoms with Gasteiger partial charge in [-0.25, -0.2) is 0 Å². The van der Waals surface area contributed by atoms with E-state index in [0.29, 0.717) is 5.94 Å². The van der Waals surface area contributed by atoms with Crippen LogP contribution in [0.15, 0.2) is 12.2 Å². The minimum atomic E-state index is 0.667. The molecule has 0 aromatic rings. The fourth-order valence-electron chi connectivity index (χ4n) is 1.35. The third kappa shape index (κ3) is 6.88. The molecule has 0 N–H and O–H groups in total. The molecule has 0 rings (SSSR count). The molecular weight excluding hydrogens is 157 g/mol. The maximum absolute atomic E-state index is 2.46. The molecule has 0 bridgehead atoms. The van der Waals surface area contributed by atoms with Crippen LogP contribution >= 0.6 is 0 Å². The zero-order valence-corrected chi connectivity index (χ0v) is 9.71. The Kier molecular flexibility index (Phi) is 8.22. The maximum atomic E-state index is 2.46. The van der Waals surface area contributed by atoms with Crippen molar-refractivity contribution in [3.63, 3.8) is 0 Å². The molecule has 1 nitrogen and oxygen atoms in total. The molecule has 0 aliphatic rings. The van der Waals surface area contributed by atoms with Crippen LogP contribution < -0.4 is 0 Å². The fraction of sp³-hybridized carbons (Fsp3) is 0.818. The second-order valence-corrected chi connectivity index (χ2v) is 3.79. The summed E-state index contributed by atoms with van der Waals surface area (Å²) < 4.78 is 0. The Bertz CT molecular complexity index is 132. The van der Waals surface area contributed by atoms with Crippen LogP contribution in [0, 0.1) is 0 Å². The quantitative estimate of drug-likeness (QED) is 0.330. The second kappa shape index (κ2) is 8.37. The van der Waals surface area contributed by atoms with E-state index >= 15 is 0 Å². The first-order chi connectivity index (χ1) is 6.22. The van der Waals surface area contributed by atoms with Crippen molar-refractivity contribution in [1.82, 2.24) is 4.90 Å². The van der Waals surface area contributed by atoms with Crippen molar-refractivity contribution >= 4 is 7.85 Å². The van der Waals surface area contributed by atoms with Crippen molar-refractivity contribution in [2.75, 3.05) is 13.1 Å². The average Bonchev–Trinajstić information content (AvgIpc) is 2.10. The van der Waals surface area contributed by atoms with Crippen molar-refractivity contribution in [1.29, 1.82) is 0 Å². The summed E-state index contributed by atoms with van der Waals surface area (Å²) in [4.78, 5) is 2.46. The lowest BCUT2D eigenvalue weighted by molar-refractivity contribution is 0.306. The SMILES string of the molecule is BC(C)N(CC)C/C=C\CCCC. The molecule has 0 amide bonds. The average molecular weight is 181 g/mol. The molecule has 0 aliphatic carbocycles. The lowest BCUT2D eigenvalue weighted by Gasteiger charge is -2.22. The van der Waals surface area contributed by atoms with Gasteiger partial charge in [0.15, 0.2) is 0 Å². The standard InChI is InChI=1S/C11H24BN/c1-4-6-7-8-9-10-13(5-2)11(3)12/h8-9,11H,4-7,10,12H2,1-3H3/b9-8-. The molecule has 0 spiro atoms. The predicted octanol–water partition coefficient (Wildman–Crippen LogP) is 2.03. The van der Waals surface area contributed by atoms with Crippen LogP contribution in [0.5, 0.6) is 0 Å². The van der Waals surface area contributed by atoms with Gasteiger partial charge in [0.1, 0.15) is 7.85 Å². The van der Waals surface area contributed by atoms with E-state index in [2.05, 4.69) is 45.7 Å². The van der Waals surface area contributed by atoms with E-state index in [1.54, 1.807) is 0 Å². The monoisotopic (exact) mass is 181 g/mol. The van der Waals surface area contributed by atoms with Crippen LogP contribution in [0.25, 0.3) is 0 Å². The van der Waals surface area contributed by atoms with Gasteiger partial charge in [0, 0.05) is 6.54 Å². The molecule has 1 atom stereocenters. The maximum Gasteiger partial charge on any atom is 0.123 e. The molecule has 2 heteroatoms. The molecule has 0 fully saturated rings. The first-order valence-corrected chi connectivity index (χ1v) is 5.61. The Morgan fingerprint density at radius 3 is 2.46 bits per heavy atom. The van der Waals surface area contributed by atoms with Crippen LogP contribution in [0.1, 0.15) is 40.0 Å². The molecule has 13 heavy (non-hydrogen) atoms. The number of rotatable bonds is 7. The van der Waals surface area contributed by atoms with E-state index < -0.39 is 0 Å². The van der Waals surface area contributed by atoms with Gasteiger partial charge in [-0.05, 0) is 18.9 Å². The van der Waals surface area contributed by atoms with Gasteiger partial charge in [-0.2, -0.15) is 0 Å². The van der Waals surface area contributed by atoms with Crippen molar-refractivity contribution in [2.45, 2.75) is 46.0 Å². The predicted molar refractivity (Wildman–Crippen MR) is 63.9 cm³/mol. The third-order valence-corrected chi connectivity index (χ3v) is 2.37. The highest BCUT2D eigenvalue weighted by atomic mass is 15.1. The van der Waals surface area contributed by atoms with E-state index in [4.69, 9.17) is 0 Å². The van der Waals surface area contributed by atoms with Crippen molar-refractivity contribution in [3.8, 4) is 0 Å². The molecule has 0 aromatic heterocycles. The zero-order chi connectivity index (χ0) is 10.1. The zero-order valence-electron chi connectivity index (χ0n) is 9.71. The summed E-state index contributed by atoms with van der Waals surface area (Å²) in [5.74, 6) is 0.667. The Labute approximate surface area is 84.6 Å². The van der Waals surface area contributed by atoms with Gasteiger partial charge in [0.25, 0.3) is 0 Å². The molecule has 0 aromatic carbocycles. The Morgan fingerprint density at radius 1 is 1.31 bits per heavy atom. The number of nitrogens with zero attached hydrogens (tertiary/aromatic N) is 1. The largest absolute Gasteiger partial charge is 0.305 e. The third-order valence-electron chi connectivity index (χ3n) is 2.37. The molecule has 0 heterocycles. The van der Waals surface area contributed by atoms with Crippen molar-refractivity contribution in [2.24, 2.45) is 0 Å². The van der Waals surface area contributed by atoms with Gasteiger partial charge < -0.3 is 4.90 Å². The highest BCUT2D eigenvalue weighted by Crippen LogP contribution is 1.97. The van der Waals surface area contributed by atoms with Gasteiger partial charge in [0.05, 0.1) is 0 Å². The molecule has 1 unspecified atom stereocenters. The number of allylic oxidation sites excluding steroid dienone is 1. The van der Waals surface area contributed by atoms with Crippen molar-refractivity contribution < 1.29 is 0 Å². The first kappa shape index (κ1) is 12.8. The number of hydrogen-bond donors (Lipinski definition) is 0. The lowest BCUT2D eigenvalue weighted by atomic mass is 9.97. The van der Waals surface area contributed by atoms with Crippen LogP contribution in [0.4, 0.5) is 0 Å². The normalized spacial score (nSPS) is 14.2. The number of unbranched alkanes of at least 4 members (excludes halogenated alkanes) is 2. The molecule has 0 saturated carbocycles. The first-order valence-electron chi connectivity index (χ1n) is 5.61. The van der Waals surface area contributed by atoms with E-state index in [9.17, 15) is 0 Å². The van der Waals surface area contributed by atoms with Gasteiger partial charge in [-0.1, -0.05) is 45.8 Å². The molecule has 0 radical (unpaired) electrons. The summed E-state index contributed by atoms with van der Waals surface area (Å²) in [5, 5.41) is 0. The van der Waals surface area contributed by atoms with Crippen molar-refractivity contribution in [3.05, 3.63) is 12.2 Å². The Balaban J connectivity index is 3.53. The summed E-state index contributed by atoms with van der Waals surface area (Å²) in [6, 6.07) is 0. The summed E-state index contributed by atoms with van der Waals surface area (Å²) in [7, 11) is 2.25.